The van der Waals surface area contributed by atoms with E-state index >= 15 is 0 Å². The molecule has 0 saturated carbocycles. The molecular formula is C23H22N4O5S. The number of carbonyl (C=O) groups is 2. The first-order chi connectivity index (χ1) is 15.7. The lowest BCUT2D eigenvalue weighted by Crippen LogP contribution is -2.41. The summed E-state index contributed by atoms with van der Waals surface area (Å²) in [5.41, 5.74) is -0.0445. The number of amides is 3. The largest absolute Gasteiger partial charge is 0.496 e. The lowest BCUT2D eigenvalue weighted by Gasteiger charge is -2.25. The first-order valence-electron chi connectivity index (χ1n) is 10.0. The highest BCUT2D eigenvalue weighted by atomic mass is 32.2. The van der Waals surface area contributed by atoms with Gasteiger partial charge in [0.05, 0.1) is 23.7 Å². The summed E-state index contributed by atoms with van der Waals surface area (Å²) < 4.78 is 34.9. The van der Waals surface area contributed by atoms with Gasteiger partial charge in [0.15, 0.2) is 0 Å². The predicted octanol–water partition coefficient (Wildman–Crippen LogP) is 2.21. The van der Waals surface area contributed by atoms with E-state index in [1.54, 1.807) is 36.5 Å². The average molecular weight is 467 g/mol. The molecule has 0 bridgehead atoms. The van der Waals surface area contributed by atoms with Crippen LogP contribution in [0.5, 0.6) is 5.75 Å². The Hall–Kier alpha value is -3.76. The second kappa shape index (κ2) is 8.64. The van der Waals surface area contributed by atoms with Crippen LogP contribution >= 0.6 is 0 Å². The number of hydrogen-bond acceptors (Lipinski definition) is 6. The minimum Gasteiger partial charge on any atom is -0.496 e. The van der Waals surface area contributed by atoms with E-state index in [-0.39, 0.29) is 16.2 Å². The van der Waals surface area contributed by atoms with Gasteiger partial charge in [-0.1, -0.05) is 36.4 Å². The molecule has 0 unspecified atom stereocenters. The van der Waals surface area contributed by atoms with Crippen molar-refractivity contribution in [1.29, 1.82) is 0 Å². The molecule has 2 heterocycles. The highest BCUT2D eigenvalue weighted by Gasteiger charge is 2.45. The third-order valence-electron chi connectivity index (χ3n) is 5.45. The SMILES string of the molecule is COc1ccc(S(=O)(=O)N[C@@H](c2ccccc2)c2ccccn2)cc1[C@@]1(C)NC(=O)NC1=O. The molecule has 0 aliphatic carbocycles. The Bertz CT molecular complexity index is 1260. The number of carbonyl (C=O) groups excluding carboxylic acids is 2. The van der Waals surface area contributed by atoms with Crippen molar-refractivity contribution in [2.45, 2.75) is 23.4 Å². The quantitative estimate of drug-likeness (QED) is 0.458. The Kier molecular flexibility index (Phi) is 5.88. The molecule has 170 valence electrons. The topological polar surface area (TPSA) is 126 Å². The van der Waals surface area contributed by atoms with Crippen LogP contribution in [0.1, 0.15) is 29.8 Å². The zero-order chi connectivity index (χ0) is 23.6. The van der Waals surface area contributed by atoms with Crippen LogP contribution in [0.25, 0.3) is 0 Å². The minimum absolute atomic E-state index is 0.0923. The number of ether oxygens (including phenoxy) is 1. The van der Waals surface area contributed by atoms with Crippen molar-refractivity contribution < 1.29 is 22.7 Å². The van der Waals surface area contributed by atoms with Gasteiger partial charge in [0.1, 0.15) is 11.3 Å². The normalized spacial score (nSPS) is 19.0. The Balaban J connectivity index is 1.77. The zero-order valence-electron chi connectivity index (χ0n) is 17.9. The Labute approximate surface area is 191 Å². The lowest BCUT2D eigenvalue weighted by atomic mass is 9.91. The van der Waals surface area contributed by atoms with Gasteiger partial charge in [-0.2, -0.15) is 4.72 Å². The van der Waals surface area contributed by atoms with Gasteiger partial charge in [-0.15, -0.1) is 0 Å². The zero-order valence-corrected chi connectivity index (χ0v) is 18.7. The van der Waals surface area contributed by atoms with Gasteiger partial charge in [-0.3, -0.25) is 15.1 Å². The molecule has 10 heteroatoms. The fraction of sp³-hybridized carbons (Fsp3) is 0.174. The molecule has 1 aliphatic rings. The number of nitrogens with one attached hydrogen (secondary N) is 3. The Morgan fingerprint density at radius 2 is 1.76 bits per heavy atom. The number of nitrogens with zero attached hydrogens (tertiary/aromatic N) is 1. The van der Waals surface area contributed by atoms with Crippen molar-refractivity contribution in [2.75, 3.05) is 7.11 Å². The molecule has 3 aromatic rings. The summed E-state index contributed by atoms with van der Waals surface area (Å²) in [6, 6.07) is 17.1. The van der Waals surface area contributed by atoms with E-state index in [0.29, 0.717) is 11.3 Å². The number of hydrogen-bond donors (Lipinski definition) is 3. The first-order valence-corrected chi connectivity index (χ1v) is 11.5. The summed E-state index contributed by atoms with van der Waals surface area (Å²) in [7, 11) is -2.68. The third kappa shape index (κ3) is 4.30. The van der Waals surface area contributed by atoms with Crippen molar-refractivity contribution in [3.8, 4) is 5.75 Å². The molecule has 3 amide bonds. The van der Waals surface area contributed by atoms with E-state index in [1.165, 1.54) is 32.2 Å². The summed E-state index contributed by atoms with van der Waals surface area (Å²) in [6.45, 7) is 1.48. The van der Waals surface area contributed by atoms with Crippen LogP contribution in [0, 0.1) is 0 Å². The van der Waals surface area contributed by atoms with Gasteiger partial charge >= 0.3 is 6.03 Å². The standard InChI is InChI=1S/C23H22N4O5S/c1-23(21(28)25-22(29)26-23)17-14-16(11-12-19(17)32-2)33(30,31)27-20(15-8-4-3-5-9-15)18-10-6-7-13-24-18/h3-14,20,27H,1-2H3,(H2,25,26,28,29)/t20-,23+/m0/s1. The number of sulfonamides is 1. The summed E-state index contributed by atoms with van der Waals surface area (Å²) in [5.74, 6) is -0.345. The molecule has 1 aliphatic heterocycles. The second-order valence-electron chi connectivity index (χ2n) is 7.61. The number of urea groups is 1. The number of aromatic nitrogens is 1. The summed E-state index contributed by atoms with van der Waals surface area (Å²) in [5, 5.41) is 4.71. The van der Waals surface area contributed by atoms with E-state index in [1.807, 2.05) is 18.2 Å². The third-order valence-corrected chi connectivity index (χ3v) is 6.87. The van der Waals surface area contributed by atoms with E-state index in [2.05, 4.69) is 20.3 Å². The minimum atomic E-state index is -4.08. The maximum absolute atomic E-state index is 13.4. The van der Waals surface area contributed by atoms with Crippen molar-refractivity contribution in [3.05, 3.63) is 89.7 Å². The maximum Gasteiger partial charge on any atom is 0.322 e. The molecule has 1 saturated heterocycles. The maximum atomic E-state index is 13.4. The fourth-order valence-electron chi connectivity index (χ4n) is 3.69. The van der Waals surface area contributed by atoms with Crippen molar-refractivity contribution in [3.63, 3.8) is 0 Å². The molecule has 0 spiro atoms. The molecule has 3 N–H and O–H groups in total. The van der Waals surface area contributed by atoms with Crippen LogP contribution < -0.4 is 20.1 Å². The van der Waals surface area contributed by atoms with Gasteiger partial charge in [0.25, 0.3) is 5.91 Å². The highest BCUT2D eigenvalue weighted by molar-refractivity contribution is 7.89. The van der Waals surface area contributed by atoms with Crippen LogP contribution in [-0.4, -0.2) is 32.4 Å². The van der Waals surface area contributed by atoms with Crippen LogP contribution in [-0.2, 0) is 20.4 Å². The lowest BCUT2D eigenvalue weighted by molar-refractivity contribution is -0.123. The molecule has 4 rings (SSSR count). The molecule has 1 fully saturated rings. The molecule has 0 radical (unpaired) electrons. The summed E-state index contributed by atoms with van der Waals surface area (Å²) in [4.78, 5) is 28.5. The monoisotopic (exact) mass is 466 g/mol. The number of pyridine rings is 1. The molecule has 1 aromatic heterocycles. The fourth-order valence-corrected chi connectivity index (χ4v) is 4.92. The van der Waals surface area contributed by atoms with Crippen LogP contribution in [0.4, 0.5) is 4.79 Å². The molecular weight excluding hydrogens is 444 g/mol. The van der Waals surface area contributed by atoms with Gasteiger partial charge in [-0.25, -0.2) is 13.2 Å². The Morgan fingerprint density at radius 3 is 2.36 bits per heavy atom. The van der Waals surface area contributed by atoms with Gasteiger partial charge in [0, 0.05) is 11.8 Å². The first kappa shape index (κ1) is 22.4. The smallest absolute Gasteiger partial charge is 0.322 e. The molecule has 33 heavy (non-hydrogen) atoms. The Morgan fingerprint density at radius 1 is 1.03 bits per heavy atom. The van der Waals surface area contributed by atoms with Gasteiger partial charge < -0.3 is 10.1 Å². The summed E-state index contributed by atoms with van der Waals surface area (Å²) >= 11 is 0. The molecule has 2 atom stereocenters. The second-order valence-corrected chi connectivity index (χ2v) is 9.33. The van der Waals surface area contributed by atoms with E-state index in [9.17, 15) is 18.0 Å². The number of imide groups is 1. The van der Waals surface area contributed by atoms with E-state index < -0.39 is 33.5 Å². The number of rotatable bonds is 7. The molecule has 9 nitrogen and oxygen atoms in total. The number of benzene rings is 2. The van der Waals surface area contributed by atoms with Crippen molar-refractivity contribution >= 4 is 22.0 Å². The predicted molar refractivity (Wildman–Crippen MR) is 120 cm³/mol. The van der Waals surface area contributed by atoms with Gasteiger partial charge in [0.2, 0.25) is 10.0 Å². The van der Waals surface area contributed by atoms with Crippen LogP contribution in [0.3, 0.4) is 0 Å². The highest BCUT2D eigenvalue weighted by Crippen LogP contribution is 2.34. The van der Waals surface area contributed by atoms with Crippen molar-refractivity contribution in [1.82, 2.24) is 20.3 Å². The number of methoxy groups -OCH3 is 1. The van der Waals surface area contributed by atoms with Crippen LogP contribution in [0.2, 0.25) is 0 Å². The van der Waals surface area contributed by atoms with E-state index in [4.69, 9.17) is 4.74 Å². The van der Waals surface area contributed by atoms with Crippen LogP contribution in [0.15, 0.2) is 77.8 Å². The molecule has 2 aromatic carbocycles. The van der Waals surface area contributed by atoms with E-state index in [0.717, 1.165) is 0 Å². The summed E-state index contributed by atoms with van der Waals surface area (Å²) in [6.07, 6.45) is 1.59. The van der Waals surface area contributed by atoms with Gasteiger partial charge in [-0.05, 0) is 42.8 Å². The average Bonchev–Trinajstić information content (AvgIpc) is 3.10. The van der Waals surface area contributed by atoms with Crippen molar-refractivity contribution in [2.24, 2.45) is 0 Å².